The minimum atomic E-state index is -0.960. The number of carbonyl (C=O) groups excluding carboxylic acids is 1. The van der Waals surface area contributed by atoms with Gasteiger partial charge in [-0.15, -0.1) is 0 Å². The van der Waals surface area contributed by atoms with Gasteiger partial charge in [0.1, 0.15) is 11.8 Å². The van der Waals surface area contributed by atoms with Crippen LogP contribution >= 0.6 is 0 Å². The van der Waals surface area contributed by atoms with Crippen LogP contribution in [0, 0.1) is 0 Å². The Bertz CT molecular complexity index is 166. The summed E-state index contributed by atoms with van der Waals surface area (Å²) in [6, 6.07) is -0.720. The quantitative estimate of drug-likeness (QED) is 0.610. The lowest BCUT2D eigenvalue weighted by atomic mass is 10.1. The molecular weight excluding hydrogens is 158 g/mol. The number of carbonyl (C=O) groups is 2. The van der Waals surface area contributed by atoms with Crippen molar-refractivity contribution in [3.63, 3.8) is 0 Å². The van der Waals surface area contributed by atoms with Crippen LogP contribution in [0.4, 0.5) is 0 Å². The number of carboxylic acid groups (broad SMARTS) is 1. The highest BCUT2D eigenvalue weighted by molar-refractivity contribution is 5.85. The predicted molar refractivity (Wildman–Crippen MR) is 45.0 cm³/mol. The zero-order chi connectivity index (χ0) is 9.56. The van der Waals surface area contributed by atoms with Gasteiger partial charge >= 0.3 is 5.97 Å². The van der Waals surface area contributed by atoms with E-state index in [9.17, 15) is 9.59 Å². The maximum atomic E-state index is 10.9. The molecule has 0 aromatic rings. The molecule has 0 aliphatic carbocycles. The molecule has 12 heavy (non-hydrogen) atoms. The van der Waals surface area contributed by atoms with Crippen LogP contribution in [-0.2, 0) is 9.59 Å². The van der Waals surface area contributed by atoms with Gasteiger partial charge in [-0.05, 0) is 6.54 Å². The van der Waals surface area contributed by atoms with Gasteiger partial charge in [0.05, 0.1) is 0 Å². The second kappa shape index (κ2) is 5.71. The Morgan fingerprint density at radius 2 is 2.00 bits per heavy atom. The van der Waals surface area contributed by atoms with E-state index in [-0.39, 0.29) is 12.2 Å². The number of hydrogen-bond donors (Lipinski definition) is 2. The Morgan fingerprint density at radius 1 is 1.42 bits per heavy atom. The van der Waals surface area contributed by atoms with Crippen molar-refractivity contribution in [3.8, 4) is 0 Å². The maximum absolute atomic E-state index is 10.9. The monoisotopic (exact) mass is 173 g/mol. The summed E-state index contributed by atoms with van der Waals surface area (Å²) in [5.41, 5.74) is 0. The highest BCUT2D eigenvalue weighted by Crippen LogP contribution is 1.96. The van der Waals surface area contributed by atoms with Gasteiger partial charge < -0.3 is 10.4 Å². The Hall–Kier alpha value is -0.900. The molecule has 0 bridgehead atoms. The number of ketones is 1. The third-order valence-corrected chi connectivity index (χ3v) is 1.57. The average molecular weight is 173 g/mol. The summed E-state index contributed by atoms with van der Waals surface area (Å²) in [5.74, 6) is -0.984. The zero-order valence-electron chi connectivity index (χ0n) is 7.46. The molecule has 0 saturated carbocycles. The summed E-state index contributed by atoms with van der Waals surface area (Å²) in [5, 5.41) is 11.4. The largest absolute Gasteiger partial charge is 0.480 e. The van der Waals surface area contributed by atoms with Crippen molar-refractivity contribution in [1.29, 1.82) is 0 Å². The van der Waals surface area contributed by atoms with Crippen molar-refractivity contribution in [2.24, 2.45) is 0 Å². The number of rotatable bonds is 6. The molecule has 0 aromatic carbocycles. The Balaban J connectivity index is 3.95. The number of carboxylic acids is 1. The van der Waals surface area contributed by atoms with Crippen LogP contribution < -0.4 is 5.32 Å². The summed E-state index contributed by atoms with van der Waals surface area (Å²) in [6.07, 6.45) is 0.481. The third-order valence-electron chi connectivity index (χ3n) is 1.57. The van der Waals surface area contributed by atoms with Gasteiger partial charge in [0, 0.05) is 12.8 Å². The molecule has 0 spiro atoms. The molecule has 4 nitrogen and oxygen atoms in total. The first kappa shape index (κ1) is 11.1. The molecule has 0 amide bonds. The lowest BCUT2D eigenvalue weighted by Gasteiger charge is -2.10. The van der Waals surface area contributed by atoms with Gasteiger partial charge in [-0.1, -0.05) is 13.8 Å². The van der Waals surface area contributed by atoms with E-state index >= 15 is 0 Å². The van der Waals surface area contributed by atoms with Gasteiger partial charge in [0.2, 0.25) is 0 Å². The lowest BCUT2D eigenvalue weighted by molar-refractivity contribution is -0.141. The van der Waals surface area contributed by atoms with Crippen LogP contribution in [0.1, 0.15) is 26.7 Å². The number of hydrogen-bond acceptors (Lipinski definition) is 3. The highest BCUT2D eigenvalue weighted by Gasteiger charge is 2.18. The minimum Gasteiger partial charge on any atom is -0.480 e. The predicted octanol–water partition coefficient (Wildman–Crippen LogP) is 0.418. The van der Waals surface area contributed by atoms with Crippen LogP contribution in [0.25, 0.3) is 0 Å². The molecule has 1 unspecified atom stereocenters. The van der Waals surface area contributed by atoms with E-state index in [1.807, 2.05) is 6.92 Å². The summed E-state index contributed by atoms with van der Waals surface area (Å²) >= 11 is 0. The van der Waals surface area contributed by atoms with Gasteiger partial charge in [0.25, 0.3) is 0 Å². The van der Waals surface area contributed by atoms with E-state index in [4.69, 9.17) is 5.11 Å². The molecule has 70 valence electrons. The summed E-state index contributed by atoms with van der Waals surface area (Å²) in [6.45, 7) is 4.10. The van der Waals surface area contributed by atoms with Crippen molar-refractivity contribution in [2.45, 2.75) is 32.7 Å². The molecule has 0 fully saturated rings. The molecule has 4 heteroatoms. The van der Waals surface area contributed by atoms with E-state index in [0.717, 1.165) is 0 Å². The molecule has 2 N–H and O–H groups in total. The lowest BCUT2D eigenvalue weighted by Crippen LogP contribution is -2.38. The SMILES string of the molecule is CCNC(CC(=O)CC)C(=O)O. The molecule has 1 atom stereocenters. The van der Waals surface area contributed by atoms with Crippen LogP contribution in [0.5, 0.6) is 0 Å². The third kappa shape index (κ3) is 4.08. The van der Waals surface area contributed by atoms with Gasteiger partial charge in [-0.3, -0.25) is 9.59 Å². The molecule has 0 aliphatic rings. The molecule has 0 aromatic heterocycles. The average Bonchev–Trinajstić information content (AvgIpc) is 2.03. The standard InChI is InChI=1S/C8H15NO3/c1-3-6(10)5-7(8(11)12)9-4-2/h7,9H,3-5H2,1-2H3,(H,11,12). The Labute approximate surface area is 72.0 Å². The summed E-state index contributed by atoms with van der Waals surface area (Å²) in [7, 11) is 0. The van der Waals surface area contributed by atoms with Crippen LogP contribution in [-0.4, -0.2) is 29.4 Å². The van der Waals surface area contributed by atoms with Crippen LogP contribution in [0.2, 0.25) is 0 Å². The van der Waals surface area contributed by atoms with Crippen molar-refractivity contribution in [2.75, 3.05) is 6.54 Å². The molecule has 0 rings (SSSR count). The van der Waals surface area contributed by atoms with E-state index in [0.29, 0.717) is 13.0 Å². The molecule has 0 aliphatic heterocycles. The van der Waals surface area contributed by atoms with Crippen LogP contribution in [0.15, 0.2) is 0 Å². The van der Waals surface area contributed by atoms with Gasteiger partial charge in [0.15, 0.2) is 0 Å². The summed E-state index contributed by atoms with van der Waals surface area (Å²) < 4.78 is 0. The topological polar surface area (TPSA) is 66.4 Å². The van der Waals surface area contributed by atoms with E-state index in [2.05, 4.69) is 5.32 Å². The Morgan fingerprint density at radius 3 is 2.33 bits per heavy atom. The first-order chi connectivity index (χ1) is 5.61. The van der Waals surface area contributed by atoms with Crippen molar-refractivity contribution in [3.05, 3.63) is 0 Å². The first-order valence-corrected chi connectivity index (χ1v) is 4.09. The van der Waals surface area contributed by atoms with E-state index < -0.39 is 12.0 Å². The van der Waals surface area contributed by atoms with E-state index in [1.54, 1.807) is 6.92 Å². The molecule has 0 heterocycles. The smallest absolute Gasteiger partial charge is 0.321 e. The molecule has 0 radical (unpaired) electrons. The highest BCUT2D eigenvalue weighted by atomic mass is 16.4. The first-order valence-electron chi connectivity index (χ1n) is 4.09. The fraction of sp³-hybridized carbons (Fsp3) is 0.750. The number of nitrogens with one attached hydrogen (secondary N) is 1. The van der Waals surface area contributed by atoms with Gasteiger partial charge in [-0.2, -0.15) is 0 Å². The summed E-state index contributed by atoms with van der Waals surface area (Å²) in [4.78, 5) is 21.4. The van der Waals surface area contributed by atoms with E-state index in [1.165, 1.54) is 0 Å². The maximum Gasteiger partial charge on any atom is 0.321 e. The minimum absolute atomic E-state index is 0.0247. The number of likely N-dealkylation sites (N-methyl/N-ethyl adjacent to an activating group) is 1. The zero-order valence-corrected chi connectivity index (χ0v) is 7.46. The fourth-order valence-electron chi connectivity index (χ4n) is 0.865. The van der Waals surface area contributed by atoms with Crippen molar-refractivity contribution < 1.29 is 14.7 Å². The Kier molecular flexibility index (Phi) is 5.28. The van der Waals surface area contributed by atoms with Crippen molar-refractivity contribution in [1.82, 2.24) is 5.32 Å². The van der Waals surface area contributed by atoms with Gasteiger partial charge in [-0.25, -0.2) is 0 Å². The fourth-order valence-corrected chi connectivity index (χ4v) is 0.865. The number of aliphatic carboxylic acids is 1. The van der Waals surface area contributed by atoms with Crippen molar-refractivity contribution >= 4 is 11.8 Å². The number of Topliss-reactive ketones (excluding diaryl/α,β-unsaturated/α-hetero) is 1. The second-order valence-electron chi connectivity index (χ2n) is 2.54. The second-order valence-corrected chi connectivity index (χ2v) is 2.54. The molecular formula is C8H15NO3. The normalized spacial score (nSPS) is 12.5. The molecule has 0 saturated heterocycles. The van der Waals surface area contributed by atoms with Crippen LogP contribution in [0.3, 0.4) is 0 Å².